The lowest BCUT2D eigenvalue weighted by atomic mass is 10.0. The Morgan fingerprint density at radius 3 is 2.46 bits per heavy atom. The third-order valence-corrected chi connectivity index (χ3v) is 5.45. The molecule has 4 heteroatoms. The highest BCUT2D eigenvalue weighted by Crippen LogP contribution is 2.29. The molecule has 1 unspecified atom stereocenters. The van der Waals surface area contributed by atoms with E-state index in [1.54, 1.807) is 0 Å². The van der Waals surface area contributed by atoms with Crippen LogP contribution in [-0.2, 0) is 0 Å². The first-order chi connectivity index (χ1) is 12.6. The fourth-order valence-corrected chi connectivity index (χ4v) is 4.05. The number of para-hydroxylation sites is 1. The summed E-state index contributed by atoms with van der Waals surface area (Å²) in [7, 11) is 0. The Balaban J connectivity index is 1.44. The van der Waals surface area contributed by atoms with E-state index in [2.05, 4.69) is 77.2 Å². The number of rotatable bonds is 4. The standard InChI is InChI=1S/C22H27N3O/c1-16-8-9-20-19(14-16)22(17(2)23-20)21(26)15-24-10-12-25(13-11-24)18-6-4-3-5-7-18/h3-9,14,21,23,26H,10-13,15H2,1-2H3. The second-order valence-electron chi connectivity index (χ2n) is 7.35. The molecule has 0 spiro atoms. The molecule has 136 valence electrons. The summed E-state index contributed by atoms with van der Waals surface area (Å²) in [6.45, 7) is 8.80. The molecule has 0 amide bonds. The molecular formula is C22H27N3O. The van der Waals surface area contributed by atoms with Crippen LogP contribution in [0.2, 0.25) is 0 Å². The number of anilines is 1. The molecule has 1 atom stereocenters. The molecule has 1 aromatic heterocycles. The van der Waals surface area contributed by atoms with Gasteiger partial charge in [0.2, 0.25) is 0 Å². The van der Waals surface area contributed by atoms with Gasteiger partial charge in [0.05, 0.1) is 6.10 Å². The monoisotopic (exact) mass is 349 g/mol. The number of aromatic amines is 1. The van der Waals surface area contributed by atoms with E-state index in [4.69, 9.17) is 0 Å². The second kappa shape index (κ2) is 7.14. The number of aliphatic hydroxyl groups is 1. The van der Waals surface area contributed by atoms with E-state index in [9.17, 15) is 5.11 Å². The molecule has 4 rings (SSSR count). The quantitative estimate of drug-likeness (QED) is 0.756. The number of piperazine rings is 1. The average molecular weight is 349 g/mol. The smallest absolute Gasteiger partial charge is 0.0940 e. The minimum atomic E-state index is -0.464. The second-order valence-corrected chi connectivity index (χ2v) is 7.35. The van der Waals surface area contributed by atoms with E-state index in [1.165, 1.54) is 11.3 Å². The topological polar surface area (TPSA) is 42.5 Å². The normalized spacial score (nSPS) is 17.0. The largest absolute Gasteiger partial charge is 0.387 e. The summed E-state index contributed by atoms with van der Waals surface area (Å²) in [5, 5.41) is 12.1. The van der Waals surface area contributed by atoms with Gasteiger partial charge in [-0.25, -0.2) is 0 Å². The van der Waals surface area contributed by atoms with Gasteiger partial charge in [0.1, 0.15) is 0 Å². The number of aliphatic hydroxyl groups excluding tert-OH is 1. The predicted molar refractivity (Wildman–Crippen MR) is 108 cm³/mol. The summed E-state index contributed by atoms with van der Waals surface area (Å²) in [5.41, 5.74) is 5.74. The number of benzene rings is 2. The Hall–Kier alpha value is -2.30. The van der Waals surface area contributed by atoms with Gasteiger partial charge in [0.15, 0.2) is 0 Å². The van der Waals surface area contributed by atoms with Crippen molar-refractivity contribution in [2.75, 3.05) is 37.6 Å². The van der Waals surface area contributed by atoms with Crippen LogP contribution >= 0.6 is 0 Å². The van der Waals surface area contributed by atoms with E-state index in [0.29, 0.717) is 6.54 Å². The number of nitrogens with zero attached hydrogens (tertiary/aromatic N) is 2. The maximum atomic E-state index is 10.9. The number of β-amino-alcohol motifs (C(OH)–C–C–N with tert-alkyl or cyclic N) is 1. The molecule has 1 aliphatic rings. The highest BCUT2D eigenvalue weighted by atomic mass is 16.3. The SMILES string of the molecule is Cc1ccc2[nH]c(C)c(C(O)CN3CCN(c4ccccc4)CC3)c2c1. The van der Waals surface area contributed by atoms with Gasteiger partial charge in [-0.2, -0.15) is 0 Å². The van der Waals surface area contributed by atoms with Crippen molar-refractivity contribution in [3.63, 3.8) is 0 Å². The summed E-state index contributed by atoms with van der Waals surface area (Å²) in [6.07, 6.45) is -0.464. The van der Waals surface area contributed by atoms with Gasteiger partial charge in [-0.1, -0.05) is 29.8 Å². The van der Waals surface area contributed by atoms with Gasteiger partial charge in [-0.3, -0.25) is 4.90 Å². The third-order valence-electron chi connectivity index (χ3n) is 5.45. The fourth-order valence-electron chi connectivity index (χ4n) is 4.05. The molecule has 1 aliphatic heterocycles. The van der Waals surface area contributed by atoms with Crippen LogP contribution in [0.25, 0.3) is 10.9 Å². The number of aromatic nitrogens is 1. The molecule has 0 saturated carbocycles. The number of fused-ring (bicyclic) bond motifs is 1. The Morgan fingerprint density at radius 1 is 1.00 bits per heavy atom. The lowest BCUT2D eigenvalue weighted by Gasteiger charge is -2.37. The zero-order valence-corrected chi connectivity index (χ0v) is 15.6. The molecule has 2 N–H and O–H groups in total. The lowest BCUT2D eigenvalue weighted by molar-refractivity contribution is 0.110. The summed E-state index contributed by atoms with van der Waals surface area (Å²) in [6, 6.07) is 17.0. The Kier molecular flexibility index (Phi) is 4.70. The predicted octanol–water partition coefficient (Wildman–Crippen LogP) is 3.64. The molecule has 1 saturated heterocycles. The van der Waals surface area contributed by atoms with E-state index in [-0.39, 0.29) is 0 Å². The number of hydrogen-bond donors (Lipinski definition) is 2. The van der Waals surface area contributed by atoms with Crippen LogP contribution in [0.3, 0.4) is 0 Å². The van der Waals surface area contributed by atoms with Gasteiger partial charge >= 0.3 is 0 Å². The third kappa shape index (κ3) is 3.35. The highest BCUT2D eigenvalue weighted by Gasteiger charge is 2.23. The van der Waals surface area contributed by atoms with E-state index in [0.717, 1.165) is 48.3 Å². The van der Waals surface area contributed by atoms with Crippen molar-refractivity contribution in [3.8, 4) is 0 Å². The van der Waals surface area contributed by atoms with Crippen LogP contribution in [0.15, 0.2) is 48.5 Å². The molecule has 1 fully saturated rings. The van der Waals surface area contributed by atoms with Crippen LogP contribution in [0.1, 0.15) is 22.9 Å². The van der Waals surface area contributed by atoms with Crippen molar-refractivity contribution in [2.24, 2.45) is 0 Å². The molecule has 2 heterocycles. The van der Waals surface area contributed by atoms with Crippen LogP contribution in [-0.4, -0.2) is 47.7 Å². The van der Waals surface area contributed by atoms with Crippen molar-refractivity contribution >= 4 is 16.6 Å². The number of aryl methyl sites for hydroxylation is 2. The van der Waals surface area contributed by atoms with Gasteiger partial charge < -0.3 is 15.0 Å². The summed E-state index contributed by atoms with van der Waals surface area (Å²) in [5.74, 6) is 0. The van der Waals surface area contributed by atoms with Gasteiger partial charge in [-0.15, -0.1) is 0 Å². The van der Waals surface area contributed by atoms with Crippen molar-refractivity contribution in [1.82, 2.24) is 9.88 Å². The van der Waals surface area contributed by atoms with Crippen LogP contribution < -0.4 is 4.90 Å². The number of hydrogen-bond acceptors (Lipinski definition) is 3. The first-order valence-corrected chi connectivity index (χ1v) is 9.41. The first kappa shape index (κ1) is 17.1. The Morgan fingerprint density at radius 2 is 1.73 bits per heavy atom. The van der Waals surface area contributed by atoms with Crippen LogP contribution in [0.5, 0.6) is 0 Å². The van der Waals surface area contributed by atoms with Crippen molar-refractivity contribution in [2.45, 2.75) is 20.0 Å². The maximum absolute atomic E-state index is 10.9. The van der Waals surface area contributed by atoms with Crippen molar-refractivity contribution in [3.05, 3.63) is 65.4 Å². The summed E-state index contributed by atoms with van der Waals surface area (Å²) < 4.78 is 0. The Labute approximate surface area is 155 Å². The molecule has 4 nitrogen and oxygen atoms in total. The summed E-state index contributed by atoms with van der Waals surface area (Å²) >= 11 is 0. The molecular weight excluding hydrogens is 322 g/mol. The lowest BCUT2D eigenvalue weighted by Crippen LogP contribution is -2.47. The number of H-pyrrole nitrogens is 1. The van der Waals surface area contributed by atoms with Gasteiger partial charge in [0.25, 0.3) is 0 Å². The van der Waals surface area contributed by atoms with E-state index in [1.807, 2.05) is 0 Å². The van der Waals surface area contributed by atoms with Crippen molar-refractivity contribution < 1.29 is 5.11 Å². The van der Waals surface area contributed by atoms with Crippen LogP contribution in [0.4, 0.5) is 5.69 Å². The molecule has 3 aromatic rings. The highest BCUT2D eigenvalue weighted by molar-refractivity contribution is 5.85. The number of nitrogens with one attached hydrogen (secondary N) is 1. The molecule has 0 bridgehead atoms. The summed E-state index contributed by atoms with van der Waals surface area (Å²) in [4.78, 5) is 8.21. The van der Waals surface area contributed by atoms with E-state index < -0.39 is 6.10 Å². The van der Waals surface area contributed by atoms with Gasteiger partial charge in [-0.05, 0) is 38.1 Å². The molecule has 0 radical (unpaired) electrons. The zero-order chi connectivity index (χ0) is 18.1. The zero-order valence-electron chi connectivity index (χ0n) is 15.6. The Bertz CT molecular complexity index is 879. The minimum Gasteiger partial charge on any atom is -0.387 e. The fraction of sp³-hybridized carbons (Fsp3) is 0.364. The minimum absolute atomic E-state index is 0.464. The van der Waals surface area contributed by atoms with Crippen LogP contribution in [0, 0.1) is 13.8 Å². The van der Waals surface area contributed by atoms with Gasteiger partial charge in [0, 0.05) is 60.6 Å². The molecule has 2 aromatic carbocycles. The molecule has 0 aliphatic carbocycles. The molecule has 26 heavy (non-hydrogen) atoms. The maximum Gasteiger partial charge on any atom is 0.0940 e. The van der Waals surface area contributed by atoms with Crippen molar-refractivity contribution in [1.29, 1.82) is 0 Å². The average Bonchev–Trinajstić information content (AvgIpc) is 2.98. The first-order valence-electron chi connectivity index (χ1n) is 9.41. The van der Waals surface area contributed by atoms with E-state index >= 15 is 0 Å².